The third-order valence-corrected chi connectivity index (χ3v) is 5.25. The number of aromatic nitrogens is 2. The van der Waals surface area contributed by atoms with E-state index in [2.05, 4.69) is 15.7 Å². The molecule has 1 aromatic heterocycles. The molecule has 0 saturated heterocycles. The van der Waals surface area contributed by atoms with Gasteiger partial charge in [0.05, 0.1) is 12.3 Å². The molecule has 0 spiro atoms. The highest BCUT2D eigenvalue weighted by molar-refractivity contribution is 6.07. The zero-order chi connectivity index (χ0) is 24.8. The van der Waals surface area contributed by atoms with Gasteiger partial charge in [0, 0.05) is 28.7 Å². The second-order valence-corrected chi connectivity index (χ2v) is 7.72. The molecule has 0 radical (unpaired) electrons. The van der Waals surface area contributed by atoms with Crippen molar-refractivity contribution in [2.45, 2.75) is 13.8 Å². The Bertz CT molecular complexity index is 1360. The fraction of sp³-hybridized carbons (Fsp3) is 0.111. The number of hydrogen-bond acceptors (Lipinski definition) is 5. The molecule has 8 nitrogen and oxygen atoms in total. The van der Waals surface area contributed by atoms with Gasteiger partial charge in [0.2, 0.25) is 0 Å². The molecule has 0 atom stereocenters. The normalized spacial score (nSPS) is 10.5. The molecule has 1 heterocycles. The lowest BCUT2D eigenvalue weighted by Crippen LogP contribution is -2.15. The smallest absolute Gasteiger partial charge is 0.358 e. The first-order chi connectivity index (χ1) is 16.9. The Hall–Kier alpha value is -4.72. The zero-order valence-corrected chi connectivity index (χ0v) is 19.3. The molecular weight excluding hydrogens is 444 g/mol. The quantitative estimate of drug-likeness (QED) is 0.377. The zero-order valence-electron chi connectivity index (χ0n) is 19.3. The summed E-state index contributed by atoms with van der Waals surface area (Å²) in [6, 6.07) is 22.7. The molecule has 176 valence electrons. The van der Waals surface area contributed by atoms with Crippen LogP contribution in [0.1, 0.15) is 43.7 Å². The first-order valence-corrected chi connectivity index (χ1v) is 11.1. The van der Waals surface area contributed by atoms with Crippen LogP contribution < -0.4 is 10.6 Å². The van der Waals surface area contributed by atoms with Gasteiger partial charge in [0.1, 0.15) is 0 Å². The van der Waals surface area contributed by atoms with Crippen LogP contribution in [0.3, 0.4) is 0 Å². The van der Waals surface area contributed by atoms with E-state index in [1.165, 1.54) is 0 Å². The van der Waals surface area contributed by atoms with Gasteiger partial charge >= 0.3 is 5.97 Å². The summed E-state index contributed by atoms with van der Waals surface area (Å²) >= 11 is 0. The number of anilines is 2. The molecule has 0 aliphatic heterocycles. The number of benzene rings is 3. The van der Waals surface area contributed by atoms with E-state index in [0.29, 0.717) is 22.5 Å². The van der Waals surface area contributed by atoms with Crippen molar-refractivity contribution < 1.29 is 19.1 Å². The SMILES string of the molecule is CCOC(=O)c1ccn(-c2ccc(NC(=O)c3ccc(C)c(NC(=O)c4ccccc4)c3)cc2)n1. The van der Waals surface area contributed by atoms with Crippen LogP contribution in [0.25, 0.3) is 5.69 Å². The van der Waals surface area contributed by atoms with E-state index in [1.54, 1.807) is 90.6 Å². The highest BCUT2D eigenvalue weighted by Crippen LogP contribution is 2.20. The highest BCUT2D eigenvalue weighted by atomic mass is 16.5. The maximum Gasteiger partial charge on any atom is 0.358 e. The molecule has 8 heteroatoms. The van der Waals surface area contributed by atoms with Gasteiger partial charge in [-0.15, -0.1) is 0 Å². The number of esters is 1. The average molecular weight is 469 g/mol. The van der Waals surface area contributed by atoms with E-state index < -0.39 is 5.97 Å². The molecule has 0 unspecified atom stereocenters. The second kappa shape index (κ2) is 10.5. The van der Waals surface area contributed by atoms with Crippen molar-refractivity contribution in [1.82, 2.24) is 9.78 Å². The number of nitrogens with one attached hydrogen (secondary N) is 2. The molecule has 4 rings (SSSR count). The molecule has 4 aromatic rings. The minimum atomic E-state index is -0.479. The van der Waals surface area contributed by atoms with Crippen LogP contribution in [0.5, 0.6) is 0 Å². The number of carbonyl (C=O) groups is 3. The van der Waals surface area contributed by atoms with Gasteiger partial charge in [-0.25, -0.2) is 9.48 Å². The Morgan fingerprint density at radius 1 is 0.857 bits per heavy atom. The standard InChI is InChI=1S/C27H24N4O4/c1-3-35-27(34)23-15-16-31(30-23)22-13-11-21(12-14-22)28-26(33)20-10-9-18(2)24(17-20)29-25(32)19-7-5-4-6-8-19/h4-17H,3H2,1-2H3,(H,28,33)(H,29,32). The van der Waals surface area contributed by atoms with Crippen molar-refractivity contribution in [1.29, 1.82) is 0 Å². The Morgan fingerprint density at radius 2 is 1.57 bits per heavy atom. The van der Waals surface area contributed by atoms with Gasteiger partial charge in [-0.2, -0.15) is 5.10 Å². The number of nitrogens with zero attached hydrogens (tertiary/aromatic N) is 2. The van der Waals surface area contributed by atoms with Gasteiger partial charge < -0.3 is 15.4 Å². The summed E-state index contributed by atoms with van der Waals surface area (Å²) in [5.74, 6) is -1.03. The lowest BCUT2D eigenvalue weighted by Gasteiger charge is -2.11. The monoisotopic (exact) mass is 468 g/mol. The van der Waals surface area contributed by atoms with Crippen LogP contribution in [-0.4, -0.2) is 34.2 Å². The minimum absolute atomic E-state index is 0.221. The maximum absolute atomic E-state index is 12.8. The fourth-order valence-corrected chi connectivity index (χ4v) is 3.36. The van der Waals surface area contributed by atoms with E-state index >= 15 is 0 Å². The molecule has 0 aliphatic carbocycles. The highest BCUT2D eigenvalue weighted by Gasteiger charge is 2.13. The Morgan fingerprint density at radius 3 is 2.29 bits per heavy atom. The summed E-state index contributed by atoms with van der Waals surface area (Å²) in [6.45, 7) is 3.88. The molecular formula is C27H24N4O4. The lowest BCUT2D eigenvalue weighted by molar-refractivity contribution is 0.0518. The van der Waals surface area contributed by atoms with E-state index in [0.717, 1.165) is 11.3 Å². The van der Waals surface area contributed by atoms with Gasteiger partial charge in [0.15, 0.2) is 5.69 Å². The van der Waals surface area contributed by atoms with Crippen LogP contribution in [0.2, 0.25) is 0 Å². The summed E-state index contributed by atoms with van der Waals surface area (Å²) in [5.41, 5.74) is 3.89. The number of amides is 2. The summed E-state index contributed by atoms with van der Waals surface area (Å²) in [5, 5.41) is 9.94. The van der Waals surface area contributed by atoms with Crippen LogP contribution >= 0.6 is 0 Å². The Balaban J connectivity index is 1.44. The third-order valence-electron chi connectivity index (χ3n) is 5.25. The summed E-state index contributed by atoms with van der Waals surface area (Å²) < 4.78 is 6.51. The Labute approximate surface area is 202 Å². The molecule has 0 fully saturated rings. The van der Waals surface area contributed by atoms with Gasteiger partial charge in [-0.05, 0) is 74.0 Å². The molecule has 3 aromatic carbocycles. The van der Waals surface area contributed by atoms with Crippen LogP contribution in [0, 0.1) is 6.92 Å². The number of rotatable bonds is 7. The first-order valence-electron chi connectivity index (χ1n) is 11.1. The third kappa shape index (κ3) is 5.62. The van der Waals surface area contributed by atoms with Gasteiger partial charge in [-0.1, -0.05) is 24.3 Å². The predicted octanol–water partition coefficient (Wildman–Crippen LogP) is 4.86. The van der Waals surface area contributed by atoms with Crippen molar-refractivity contribution in [2.75, 3.05) is 17.2 Å². The predicted molar refractivity (Wildman–Crippen MR) is 133 cm³/mol. The van der Waals surface area contributed by atoms with Crippen molar-refractivity contribution in [3.05, 3.63) is 107 Å². The maximum atomic E-state index is 12.8. The van der Waals surface area contributed by atoms with E-state index in [1.807, 2.05) is 13.0 Å². The van der Waals surface area contributed by atoms with E-state index in [4.69, 9.17) is 4.74 Å². The molecule has 2 amide bonds. The first kappa shape index (κ1) is 23.4. The number of hydrogen-bond donors (Lipinski definition) is 2. The van der Waals surface area contributed by atoms with Gasteiger partial charge in [0.25, 0.3) is 11.8 Å². The largest absolute Gasteiger partial charge is 0.461 e. The number of carbonyl (C=O) groups excluding carboxylic acids is 3. The summed E-state index contributed by atoms with van der Waals surface area (Å²) in [7, 11) is 0. The molecule has 0 saturated carbocycles. The molecule has 35 heavy (non-hydrogen) atoms. The molecule has 0 aliphatic rings. The van der Waals surface area contributed by atoms with Crippen molar-refractivity contribution >= 4 is 29.2 Å². The lowest BCUT2D eigenvalue weighted by atomic mass is 10.1. The topological polar surface area (TPSA) is 102 Å². The van der Waals surface area contributed by atoms with E-state index in [-0.39, 0.29) is 24.1 Å². The fourth-order valence-electron chi connectivity index (χ4n) is 3.36. The number of aryl methyl sites for hydroxylation is 1. The molecule has 0 bridgehead atoms. The van der Waals surface area contributed by atoms with Crippen molar-refractivity contribution in [3.63, 3.8) is 0 Å². The summed E-state index contributed by atoms with van der Waals surface area (Å²) in [6.07, 6.45) is 1.66. The van der Waals surface area contributed by atoms with Gasteiger partial charge in [-0.3, -0.25) is 9.59 Å². The van der Waals surface area contributed by atoms with Crippen molar-refractivity contribution in [2.24, 2.45) is 0 Å². The molecule has 2 N–H and O–H groups in total. The minimum Gasteiger partial charge on any atom is -0.461 e. The number of ether oxygens (including phenoxy) is 1. The second-order valence-electron chi connectivity index (χ2n) is 7.72. The van der Waals surface area contributed by atoms with Crippen molar-refractivity contribution in [3.8, 4) is 5.69 Å². The van der Waals surface area contributed by atoms with Crippen LogP contribution in [0.4, 0.5) is 11.4 Å². The Kier molecular flexibility index (Phi) is 7.02. The van der Waals surface area contributed by atoms with Crippen LogP contribution in [0.15, 0.2) is 85.1 Å². The summed E-state index contributed by atoms with van der Waals surface area (Å²) in [4.78, 5) is 37.2. The van der Waals surface area contributed by atoms with Crippen LogP contribution in [-0.2, 0) is 4.74 Å². The average Bonchev–Trinajstić information content (AvgIpc) is 3.37. The van der Waals surface area contributed by atoms with E-state index in [9.17, 15) is 14.4 Å².